The Hall–Kier alpha value is -3.28. The van der Waals surface area contributed by atoms with Crippen molar-refractivity contribution in [3.8, 4) is 17.1 Å². The second-order valence-corrected chi connectivity index (χ2v) is 13.8. The van der Waals surface area contributed by atoms with E-state index in [1.807, 2.05) is 13.8 Å². The van der Waals surface area contributed by atoms with Crippen LogP contribution in [0.2, 0.25) is 0 Å². The van der Waals surface area contributed by atoms with E-state index < -0.39 is 64.5 Å². The molecular weight excluding hydrogens is 582 g/mol. The van der Waals surface area contributed by atoms with E-state index >= 15 is 0 Å². The number of pyridine rings is 1. The molecule has 4 heterocycles. The lowest BCUT2D eigenvalue weighted by atomic mass is 9.42. The number of hydrogen-bond donors (Lipinski definition) is 1. The van der Waals surface area contributed by atoms with Crippen LogP contribution in [0.25, 0.3) is 11.3 Å². The number of carbonyl (C=O) groups excluding carboxylic acids is 2. The average Bonchev–Trinajstić information content (AvgIpc) is 2.99. The number of hydrogen-bond acceptors (Lipinski definition) is 11. The zero-order valence-corrected chi connectivity index (χ0v) is 26.6. The van der Waals surface area contributed by atoms with Gasteiger partial charge in [-0.1, -0.05) is 13.8 Å². The van der Waals surface area contributed by atoms with Gasteiger partial charge in [-0.3, -0.25) is 14.6 Å². The topological polar surface area (TPSA) is 144 Å². The highest BCUT2D eigenvalue weighted by molar-refractivity contribution is 5.67. The Bertz CT molecular complexity index is 1490. The van der Waals surface area contributed by atoms with Crippen LogP contribution in [0.4, 0.5) is 0 Å². The van der Waals surface area contributed by atoms with Gasteiger partial charge >= 0.3 is 17.6 Å². The van der Waals surface area contributed by atoms with Crippen molar-refractivity contribution >= 4 is 11.9 Å². The quantitative estimate of drug-likeness (QED) is 0.351. The molecule has 0 aromatic carbocycles. The maximum absolute atomic E-state index is 13.6. The summed E-state index contributed by atoms with van der Waals surface area (Å²) in [6.07, 6.45) is 4.49. The van der Waals surface area contributed by atoms with Gasteiger partial charge in [0.25, 0.3) is 0 Å². The third-order valence-corrected chi connectivity index (χ3v) is 10.9. The summed E-state index contributed by atoms with van der Waals surface area (Å²) in [6.45, 7) is 9.33. The number of nitrogens with zero attached hydrogens (tertiary/aromatic N) is 1. The zero-order chi connectivity index (χ0) is 32.1. The van der Waals surface area contributed by atoms with E-state index in [4.69, 9.17) is 28.1 Å². The predicted octanol–water partition coefficient (Wildman–Crippen LogP) is 4.74. The molecule has 0 bridgehead atoms. The van der Waals surface area contributed by atoms with Crippen molar-refractivity contribution in [2.75, 3.05) is 13.2 Å². The molecule has 0 radical (unpaired) electrons. The number of aliphatic hydroxyl groups excluding tert-OH is 1. The first kappa shape index (κ1) is 31.7. The van der Waals surface area contributed by atoms with Crippen molar-refractivity contribution in [2.45, 2.75) is 103 Å². The number of aromatic nitrogens is 1. The third-order valence-electron chi connectivity index (χ3n) is 10.9. The van der Waals surface area contributed by atoms with Gasteiger partial charge < -0.3 is 33.2 Å². The van der Waals surface area contributed by atoms with Crippen molar-refractivity contribution in [1.82, 2.24) is 4.98 Å². The molecule has 2 aromatic rings. The predicted molar refractivity (Wildman–Crippen MR) is 160 cm³/mol. The zero-order valence-electron chi connectivity index (χ0n) is 26.6. The van der Waals surface area contributed by atoms with E-state index in [1.54, 1.807) is 30.6 Å². The Balaban J connectivity index is 1.48. The van der Waals surface area contributed by atoms with Gasteiger partial charge in [-0.25, -0.2) is 4.79 Å². The third kappa shape index (κ3) is 5.46. The molecule has 11 heteroatoms. The van der Waals surface area contributed by atoms with Crippen molar-refractivity contribution in [1.29, 1.82) is 0 Å². The van der Waals surface area contributed by atoms with E-state index in [0.717, 1.165) is 12.8 Å². The van der Waals surface area contributed by atoms with Crippen LogP contribution in [-0.4, -0.2) is 59.3 Å². The molecule has 0 spiro atoms. The van der Waals surface area contributed by atoms with Crippen LogP contribution in [0.5, 0.6) is 5.75 Å². The molecule has 2 unspecified atom stereocenters. The maximum atomic E-state index is 13.6. The van der Waals surface area contributed by atoms with Gasteiger partial charge in [0.1, 0.15) is 41.5 Å². The molecule has 0 amide bonds. The lowest BCUT2D eigenvalue weighted by Gasteiger charge is -2.67. The number of fused-ring (bicyclic) bond motifs is 4. The molecule has 45 heavy (non-hydrogen) atoms. The summed E-state index contributed by atoms with van der Waals surface area (Å²) < 4.78 is 36.9. The lowest BCUT2D eigenvalue weighted by Crippen LogP contribution is -2.71. The molecule has 6 rings (SSSR count). The Morgan fingerprint density at radius 2 is 1.91 bits per heavy atom. The fourth-order valence-corrected chi connectivity index (χ4v) is 8.86. The first-order chi connectivity index (χ1) is 21.4. The van der Waals surface area contributed by atoms with E-state index in [0.29, 0.717) is 37.9 Å². The highest BCUT2D eigenvalue weighted by Crippen LogP contribution is 2.67. The van der Waals surface area contributed by atoms with Crippen LogP contribution < -0.4 is 10.4 Å². The lowest BCUT2D eigenvalue weighted by molar-refractivity contribution is -0.302. The molecule has 9 atom stereocenters. The first-order valence-corrected chi connectivity index (χ1v) is 15.9. The first-order valence-electron chi connectivity index (χ1n) is 15.9. The molecule has 2 aliphatic heterocycles. The second kappa shape index (κ2) is 11.8. The van der Waals surface area contributed by atoms with Crippen LogP contribution in [0.1, 0.15) is 84.8 Å². The molecule has 1 N–H and O–H groups in total. The molecule has 3 fully saturated rings. The van der Waals surface area contributed by atoms with Gasteiger partial charge in [0, 0.05) is 55.8 Å². The summed E-state index contributed by atoms with van der Waals surface area (Å²) in [5, 5.41) is 12.3. The van der Waals surface area contributed by atoms with Gasteiger partial charge in [0.05, 0.1) is 6.10 Å². The fraction of sp³-hybridized carbons (Fsp3) is 0.647. The standard InChI is InChI=1S/C34H43NO10/c1-19(36)41-18-33(4)24-16-26(44-27-10-6-7-14-40-27)34(5)30(32(24,3)12-11-25(33)42-20(2)37)29(38)28-23(45-34)15-22(43-31(28)39)21-9-8-13-35-17-21/h8-9,13,15,17,24-27,29-30,38H,6-7,10-12,14,16,18H2,1-5H3/t24-,25+,26?,27?,29+,30-,32+,33+,34-/m1/s1. The minimum Gasteiger partial charge on any atom is -0.484 e. The minimum absolute atomic E-state index is 0.0147. The molecule has 2 saturated carbocycles. The molecule has 2 aromatic heterocycles. The van der Waals surface area contributed by atoms with Gasteiger partial charge in [-0.2, -0.15) is 0 Å². The summed E-state index contributed by atoms with van der Waals surface area (Å²) in [6, 6.07) is 5.17. The second-order valence-electron chi connectivity index (χ2n) is 13.8. The Kier molecular flexibility index (Phi) is 8.33. The van der Waals surface area contributed by atoms with E-state index in [-0.39, 0.29) is 29.6 Å². The summed E-state index contributed by atoms with van der Waals surface area (Å²) in [7, 11) is 0. The molecule has 11 nitrogen and oxygen atoms in total. The monoisotopic (exact) mass is 625 g/mol. The van der Waals surface area contributed by atoms with Crippen molar-refractivity contribution < 1.29 is 42.8 Å². The normalized spacial score (nSPS) is 37.3. The number of ether oxygens (including phenoxy) is 5. The Labute approximate surface area is 262 Å². The summed E-state index contributed by atoms with van der Waals surface area (Å²) in [5.41, 5.74) is -2.59. The number of esters is 2. The largest absolute Gasteiger partial charge is 0.484 e. The summed E-state index contributed by atoms with van der Waals surface area (Å²) in [4.78, 5) is 42.1. The number of aliphatic hydroxyl groups is 1. The number of rotatable bonds is 6. The van der Waals surface area contributed by atoms with Crippen molar-refractivity contribution in [3.05, 3.63) is 46.6 Å². The van der Waals surface area contributed by atoms with E-state index in [9.17, 15) is 19.5 Å². The van der Waals surface area contributed by atoms with E-state index in [2.05, 4.69) is 11.9 Å². The molecule has 2 aliphatic carbocycles. The molecular formula is C34H43NO10. The maximum Gasteiger partial charge on any atom is 0.345 e. The van der Waals surface area contributed by atoms with Crippen LogP contribution >= 0.6 is 0 Å². The summed E-state index contributed by atoms with van der Waals surface area (Å²) in [5.74, 6) is -1.23. The Morgan fingerprint density at radius 1 is 1.11 bits per heavy atom. The van der Waals surface area contributed by atoms with Gasteiger partial charge in [0.15, 0.2) is 6.29 Å². The molecule has 244 valence electrons. The van der Waals surface area contributed by atoms with Crippen molar-refractivity contribution in [3.63, 3.8) is 0 Å². The average molecular weight is 626 g/mol. The Morgan fingerprint density at radius 3 is 2.58 bits per heavy atom. The van der Waals surface area contributed by atoms with E-state index in [1.165, 1.54) is 13.8 Å². The highest BCUT2D eigenvalue weighted by atomic mass is 16.7. The minimum atomic E-state index is -1.26. The number of carbonyl (C=O) groups is 2. The van der Waals surface area contributed by atoms with Gasteiger partial charge in [-0.05, 0) is 68.9 Å². The SMILES string of the molecule is CC(=O)OC[C@@]1(C)[C@@H]2CC(OC3CCCCO3)[C@@]3(C)Oc4cc(-c5cccnc5)oc(=O)c4[C@H](O)[C@@H]3[C@@]2(C)CC[C@@H]1OC(C)=O. The smallest absolute Gasteiger partial charge is 0.345 e. The summed E-state index contributed by atoms with van der Waals surface area (Å²) >= 11 is 0. The molecule has 1 saturated heterocycles. The van der Waals surface area contributed by atoms with Crippen LogP contribution in [-0.2, 0) is 28.5 Å². The highest BCUT2D eigenvalue weighted by Gasteiger charge is 2.70. The fourth-order valence-electron chi connectivity index (χ4n) is 8.86. The van der Waals surface area contributed by atoms with Crippen LogP contribution in [0.15, 0.2) is 39.8 Å². The molecule has 4 aliphatic rings. The van der Waals surface area contributed by atoms with Gasteiger partial charge in [0.2, 0.25) is 0 Å². The van der Waals surface area contributed by atoms with Gasteiger partial charge in [-0.15, -0.1) is 0 Å². The van der Waals surface area contributed by atoms with Crippen molar-refractivity contribution in [2.24, 2.45) is 22.7 Å². The van der Waals surface area contributed by atoms with Crippen LogP contribution in [0.3, 0.4) is 0 Å². The van der Waals surface area contributed by atoms with Crippen LogP contribution in [0, 0.1) is 22.7 Å².